The van der Waals surface area contributed by atoms with Crippen molar-refractivity contribution in [3.05, 3.63) is 23.8 Å². The number of aliphatic hydroxyl groups is 1. The maximum absolute atomic E-state index is 10.00. The summed E-state index contributed by atoms with van der Waals surface area (Å²) in [5, 5.41) is 10.00. The van der Waals surface area contributed by atoms with Crippen LogP contribution >= 0.6 is 0 Å². The summed E-state index contributed by atoms with van der Waals surface area (Å²) in [6.45, 7) is 8.32. The first-order valence-electron chi connectivity index (χ1n) is 6.44. The highest BCUT2D eigenvalue weighted by molar-refractivity contribution is 5.61. The minimum absolute atomic E-state index is 0.0377. The normalized spacial score (nSPS) is 13.3. The fourth-order valence-electron chi connectivity index (χ4n) is 1.99. The minimum Gasteiger partial charge on any atom is -0.496 e. The molecule has 1 atom stereocenters. The molecule has 0 radical (unpaired) electrons. The van der Waals surface area contributed by atoms with Crippen LogP contribution in [0.25, 0.3) is 0 Å². The Morgan fingerprint density at radius 2 is 2.00 bits per heavy atom. The van der Waals surface area contributed by atoms with E-state index in [1.165, 1.54) is 0 Å². The Morgan fingerprint density at radius 1 is 1.39 bits per heavy atom. The van der Waals surface area contributed by atoms with Gasteiger partial charge in [-0.1, -0.05) is 13.0 Å². The Bertz CT molecular complexity index is 399. The molecule has 0 spiro atoms. The van der Waals surface area contributed by atoms with Crippen LogP contribution in [-0.2, 0) is 0 Å². The molecule has 0 aliphatic carbocycles. The monoisotopic (exact) mass is 251 g/mol. The number of rotatable bonds is 5. The third kappa shape index (κ3) is 2.78. The maximum atomic E-state index is 10.00. The van der Waals surface area contributed by atoms with E-state index in [4.69, 9.17) is 4.74 Å². The average Bonchev–Trinajstić information content (AvgIpc) is 2.36. The van der Waals surface area contributed by atoms with Crippen LogP contribution < -0.4 is 9.64 Å². The molecule has 0 saturated heterocycles. The van der Waals surface area contributed by atoms with Gasteiger partial charge in [-0.05, 0) is 39.3 Å². The maximum Gasteiger partial charge on any atom is 0.126 e. The van der Waals surface area contributed by atoms with Gasteiger partial charge >= 0.3 is 0 Å². The first-order chi connectivity index (χ1) is 8.35. The number of nitrogens with zero attached hydrogens (tertiary/aromatic N) is 1. The first-order valence-corrected chi connectivity index (χ1v) is 6.44. The number of hydrogen-bond donors (Lipinski definition) is 1. The average molecular weight is 251 g/mol. The predicted molar refractivity (Wildman–Crippen MR) is 76.4 cm³/mol. The second-order valence-corrected chi connectivity index (χ2v) is 5.29. The van der Waals surface area contributed by atoms with E-state index in [1.54, 1.807) is 14.0 Å². The molecule has 1 N–H and O–H groups in total. The van der Waals surface area contributed by atoms with Gasteiger partial charge in [0.05, 0.1) is 13.2 Å². The lowest BCUT2D eigenvalue weighted by Gasteiger charge is -2.38. The van der Waals surface area contributed by atoms with Crippen molar-refractivity contribution in [3.8, 4) is 5.75 Å². The van der Waals surface area contributed by atoms with E-state index in [2.05, 4.69) is 32.7 Å². The smallest absolute Gasteiger partial charge is 0.126 e. The molecule has 0 aliphatic heterocycles. The molecule has 18 heavy (non-hydrogen) atoms. The van der Waals surface area contributed by atoms with E-state index in [1.807, 2.05) is 18.2 Å². The van der Waals surface area contributed by atoms with Gasteiger partial charge in [0.15, 0.2) is 0 Å². The zero-order chi connectivity index (χ0) is 13.9. The summed E-state index contributed by atoms with van der Waals surface area (Å²) in [4.78, 5) is 2.21. The van der Waals surface area contributed by atoms with E-state index in [0.717, 1.165) is 23.4 Å². The first kappa shape index (κ1) is 14.8. The summed E-state index contributed by atoms with van der Waals surface area (Å²) in [5.74, 6) is 0.737. The van der Waals surface area contributed by atoms with Crippen LogP contribution in [0, 0.1) is 0 Å². The standard InChI is InChI=1S/C15H25NO2/c1-7-15(3,4)16(5)12-9-8-10-13(18-6)14(12)11(2)17/h8-11,17H,7H2,1-6H3. The molecule has 0 saturated carbocycles. The van der Waals surface area contributed by atoms with Gasteiger partial charge in [-0.15, -0.1) is 0 Å². The van der Waals surface area contributed by atoms with Gasteiger partial charge in [-0.2, -0.15) is 0 Å². The summed E-state index contributed by atoms with van der Waals surface area (Å²) in [6, 6.07) is 5.88. The molecular weight excluding hydrogens is 226 g/mol. The van der Waals surface area contributed by atoms with Crippen molar-refractivity contribution < 1.29 is 9.84 Å². The highest BCUT2D eigenvalue weighted by atomic mass is 16.5. The van der Waals surface area contributed by atoms with E-state index < -0.39 is 6.10 Å². The minimum atomic E-state index is -0.550. The van der Waals surface area contributed by atoms with Gasteiger partial charge < -0.3 is 14.7 Å². The Balaban J connectivity index is 3.32. The highest BCUT2D eigenvalue weighted by Gasteiger charge is 2.25. The Kier molecular flexibility index (Phi) is 4.63. The van der Waals surface area contributed by atoms with E-state index in [0.29, 0.717) is 0 Å². The second kappa shape index (κ2) is 5.61. The van der Waals surface area contributed by atoms with Crippen molar-refractivity contribution in [3.63, 3.8) is 0 Å². The molecule has 0 fully saturated rings. The molecule has 1 aromatic rings. The molecule has 1 rings (SSSR count). The number of benzene rings is 1. The lowest BCUT2D eigenvalue weighted by Crippen LogP contribution is -2.41. The predicted octanol–water partition coefficient (Wildman–Crippen LogP) is 3.37. The van der Waals surface area contributed by atoms with Gasteiger partial charge in [0.25, 0.3) is 0 Å². The molecule has 0 bridgehead atoms. The van der Waals surface area contributed by atoms with Crippen LogP contribution in [0.4, 0.5) is 5.69 Å². The van der Waals surface area contributed by atoms with Crippen LogP contribution in [0.3, 0.4) is 0 Å². The highest BCUT2D eigenvalue weighted by Crippen LogP contribution is 2.37. The lowest BCUT2D eigenvalue weighted by atomic mass is 9.96. The summed E-state index contributed by atoms with van der Waals surface area (Å²) in [5.41, 5.74) is 1.91. The summed E-state index contributed by atoms with van der Waals surface area (Å²) < 4.78 is 5.36. The molecule has 0 amide bonds. The molecular formula is C15H25NO2. The molecule has 0 aliphatic rings. The van der Waals surface area contributed by atoms with Crippen molar-refractivity contribution in [2.75, 3.05) is 19.1 Å². The molecule has 3 heteroatoms. The number of aliphatic hydroxyl groups excluding tert-OH is 1. The van der Waals surface area contributed by atoms with E-state index in [-0.39, 0.29) is 5.54 Å². The van der Waals surface area contributed by atoms with E-state index >= 15 is 0 Å². The SMILES string of the molecule is CCC(C)(C)N(C)c1cccc(OC)c1C(C)O. The molecule has 1 unspecified atom stereocenters. The van der Waals surface area contributed by atoms with Crippen LogP contribution in [0.15, 0.2) is 18.2 Å². The van der Waals surface area contributed by atoms with Crippen LogP contribution in [0.5, 0.6) is 5.75 Å². The van der Waals surface area contributed by atoms with Crippen molar-refractivity contribution in [2.24, 2.45) is 0 Å². The van der Waals surface area contributed by atoms with Crippen molar-refractivity contribution in [1.82, 2.24) is 0 Å². The van der Waals surface area contributed by atoms with Crippen LogP contribution in [0.2, 0.25) is 0 Å². The Labute approximate surface area is 110 Å². The molecule has 1 aromatic carbocycles. The van der Waals surface area contributed by atoms with Gasteiger partial charge in [0.1, 0.15) is 5.75 Å². The summed E-state index contributed by atoms with van der Waals surface area (Å²) in [6.07, 6.45) is 0.478. The topological polar surface area (TPSA) is 32.7 Å². The van der Waals surface area contributed by atoms with Gasteiger partial charge in [0, 0.05) is 23.8 Å². The molecule has 102 valence electrons. The van der Waals surface area contributed by atoms with Crippen LogP contribution in [-0.4, -0.2) is 24.8 Å². The van der Waals surface area contributed by atoms with Gasteiger partial charge in [0.2, 0.25) is 0 Å². The zero-order valence-electron chi connectivity index (χ0n) is 12.3. The van der Waals surface area contributed by atoms with Gasteiger partial charge in [-0.25, -0.2) is 0 Å². The second-order valence-electron chi connectivity index (χ2n) is 5.29. The number of methoxy groups -OCH3 is 1. The zero-order valence-corrected chi connectivity index (χ0v) is 12.3. The van der Waals surface area contributed by atoms with Crippen LogP contribution in [0.1, 0.15) is 45.8 Å². The molecule has 3 nitrogen and oxygen atoms in total. The summed E-state index contributed by atoms with van der Waals surface area (Å²) >= 11 is 0. The van der Waals surface area contributed by atoms with Crippen molar-refractivity contribution in [2.45, 2.75) is 45.8 Å². The number of anilines is 1. The Hall–Kier alpha value is -1.22. The van der Waals surface area contributed by atoms with Crippen molar-refractivity contribution >= 4 is 5.69 Å². The Morgan fingerprint density at radius 3 is 2.44 bits per heavy atom. The fourth-order valence-corrected chi connectivity index (χ4v) is 1.99. The van der Waals surface area contributed by atoms with Crippen molar-refractivity contribution in [1.29, 1.82) is 0 Å². The third-order valence-electron chi connectivity index (χ3n) is 3.82. The molecule has 0 aromatic heterocycles. The lowest BCUT2D eigenvalue weighted by molar-refractivity contribution is 0.194. The largest absolute Gasteiger partial charge is 0.496 e. The quantitative estimate of drug-likeness (QED) is 0.871. The third-order valence-corrected chi connectivity index (χ3v) is 3.82. The summed E-state index contributed by atoms with van der Waals surface area (Å²) in [7, 11) is 3.69. The number of hydrogen-bond acceptors (Lipinski definition) is 3. The number of ether oxygens (including phenoxy) is 1. The van der Waals surface area contributed by atoms with Gasteiger partial charge in [-0.3, -0.25) is 0 Å². The molecule has 0 heterocycles. The van der Waals surface area contributed by atoms with E-state index in [9.17, 15) is 5.11 Å². The fraction of sp³-hybridized carbons (Fsp3) is 0.600.